The highest BCUT2D eigenvalue weighted by Gasteiger charge is 2.35. The van der Waals surface area contributed by atoms with Gasteiger partial charge in [-0.15, -0.1) is 0 Å². The van der Waals surface area contributed by atoms with Gasteiger partial charge < -0.3 is 10.4 Å². The fraction of sp³-hybridized carbons (Fsp3) is 0.667. The Bertz CT molecular complexity index is 514. The number of carbonyl (C=O) groups excluding carboxylic acids is 1. The summed E-state index contributed by atoms with van der Waals surface area (Å²) >= 11 is 0. The van der Waals surface area contributed by atoms with Crippen molar-refractivity contribution in [3.05, 3.63) is 30.1 Å². The van der Waals surface area contributed by atoms with E-state index in [0.717, 1.165) is 44.5 Å². The van der Waals surface area contributed by atoms with Crippen molar-refractivity contribution < 1.29 is 14.7 Å². The Kier molecular flexibility index (Phi) is 6.18. The Hall–Kier alpha value is -1.50. The summed E-state index contributed by atoms with van der Waals surface area (Å²) in [7, 11) is 0. The van der Waals surface area contributed by atoms with Crippen molar-refractivity contribution in [3.8, 4) is 0 Å². The van der Waals surface area contributed by atoms with Crippen LogP contribution in [0, 0.1) is 5.92 Å². The molecule has 0 aromatic carbocycles. The summed E-state index contributed by atoms with van der Waals surface area (Å²) in [4.78, 5) is 22.2. The lowest BCUT2D eigenvalue weighted by Crippen LogP contribution is -2.48. The molecule has 2 N–H and O–H groups in total. The topological polar surface area (TPSA) is 74.7 Å². The van der Waals surface area contributed by atoms with Crippen LogP contribution in [0.4, 0.5) is 0 Å². The van der Waals surface area contributed by atoms with Gasteiger partial charge in [0, 0.05) is 43.9 Å². The molecule has 1 saturated carbocycles. The van der Waals surface area contributed by atoms with Crippen LogP contribution < -0.4 is 5.32 Å². The van der Waals surface area contributed by atoms with Crippen LogP contribution >= 0.6 is 0 Å². The van der Waals surface area contributed by atoms with Gasteiger partial charge in [0.2, 0.25) is 5.91 Å². The zero-order valence-electron chi connectivity index (χ0n) is 14.1. The maximum absolute atomic E-state index is 12.3. The van der Waals surface area contributed by atoms with Crippen molar-refractivity contribution in [1.82, 2.24) is 15.4 Å². The molecule has 0 radical (unpaired) electrons. The molecule has 1 unspecified atom stereocenters. The highest BCUT2D eigenvalue weighted by atomic mass is 16.7. The van der Waals surface area contributed by atoms with E-state index >= 15 is 0 Å². The van der Waals surface area contributed by atoms with Gasteiger partial charge in [-0.3, -0.25) is 14.6 Å². The third-order valence-electron chi connectivity index (χ3n) is 4.88. The molecule has 1 aromatic heterocycles. The van der Waals surface area contributed by atoms with E-state index in [0.29, 0.717) is 25.3 Å². The van der Waals surface area contributed by atoms with Crippen LogP contribution in [0.5, 0.6) is 0 Å². The number of aliphatic hydroxyl groups excluding tert-OH is 1. The van der Waals surface area contributed by atoms with E-state index in [1.54, 1.807) is 6.20 Å². The predicted octanol–water partition coefficient (Wildman–Crippen LogP) is 1.30. The molecule has 6 heteroatoms. The number of hydroxylamine groups is 2. The Labute approximate surface area is 143 Å². The fourth-order valence-corrected chi connectivity index (χ4v) is 3.37. The number of aromatic nitrogens is 1. The number of carbonyl (C=O) groups is 1. The molecule has 1 aliphatic heterocycles. The van der Waals surface area contributed by atoms with Crippen molar-refractivity contribution in [1.29, 1.82) is 0 Å². The Morgan fingerprint density at radius 1 is 1.42 bits per heavy atom. The first-order valence-electron chi connectivity index (χ1n) is 8.96. The molecule has 1 saturated heterocycles. The third-order valence-corrected chi connectivity index (χ3v) is 4.88. The van der Waals surface area contributed by atoms with Crippen LogP contribution in [-0.4, -0.2) is 52.9 Å². The van der Waals surface area contributed by atoms with Gasteiger partial charge in [-0.05, 0) is 43.7 Å². The zero-order chi connectivity index (χ0) is 16.8. The average Bonchev–Trinajstić information content (AvgIpc) is 2.58. The number of hydrogen-bond acceptors (Lipinski definition) is 5. The molecule has 1 aromatic rings. The first-order valence-corrected chi connectivity index (χ1v) is 8.96. The average molecular weight is 333 g/mol. The minimum atomic E-state index is -0.222. The molecule has 0 spiro atoms. The van der Waals surface area contributed by atoms with Gasteiger partial charge in [0.15, 0.2) is 0 Å². The van der Waals surface area contributed by atoms with Gasteiger partial charge >= 0.3 is 0 Å². The molecule has 1 aliphatic carbocycles. The molecular weight excluding hydrogens is 306 g/mol. The second-order valence-corrected chi connectivity index (χ2v) is 6.80. The summed E-state index contributed by atoms with van der Waals surface area (Å²) in [5.41, 5.74) is 0.976. The second kappa shape index (κ2) is 8.55. The van der Waals surface area contributed by atoms with Gasteiger partial charge in [0.1, 0.15) is 0 Å². The summed E-state index contributed by atoms with van der Waals surface area (Å²) in [6.07, 6.45) is 6.44. The number of pyridine rings is 1. The van der Waals surface area contributed by atoms with E-state index in [4.69, 9.17) is 4.84 Å². The molecule has 24 heavy (non-hydrogen) atoms. The minimum absolute atomic E-state index is 0.0399. The van der Waals surface area contributed by atoms with Crippen molar-refractivity contribution in [2.24, 2.45) is 5.92 Å². The second-order valence-electron chi connectivity index (χ2n) is 6.80. The molecule has 6 nitrogen and oxygen atoms in total. The molecule has 132 valence electrons. The summed E-state index contributed by atoms with van der Waals surface area (Å²) in [5, 5.41) is 14.6. The number of rotatable bonds is 7. The molecule has 2 aliphatic rings. The van der Waals surface area contributed by atoms with Gasteiger partial charge in [0.05, 0.1) is 12.7 Å². The van der Waals surface area contributed by atoms with E-state index in [2.05, 4.69) is 10.3 Å². The van der Waals surface area contributed by atoms with Crippen molar-refractivity contribution in [2.45, 2.75) is 50.7 Å². The number of nitrogens with one attached hydrogen (secondary N) is 1. The maximum Gasteiger partial charge on any atom is 0.221 e. The quantitative estimate of drug-likeness (QED) is 0.787. The van der Waals surface area contributed by atoms with Crippen LogP contribution in [0.3, 0.4) is 0 Å². The fourth-order valence-electron chi connectivity index (χ4n) is 3.37. The normalized spacial score (nSPS) is 25.7. The van der Waals surface area contributed by atoms with E-state index in [1.165, 1.54) is 0 Å². The van der Waals surface area contributed by atoms with Crippen LogP contribution in [-0.2, 0) is 16.1 Å². The summed E-state index contributed by atoms with van der Waals surface area (Å²) in [5.74, 6) is 0.378. The number of amides is 1. The monoisotopic (exact) mass is 333 g/mol. The van der Waals surface area contributed by atoms with Gasteiger partial charge in [-0.2, -0.15) is 5.06 Å². The van der Waals surface area contributed by atoms with Crippen molar-refractivity contribution >= 4 is 5.91 Å². The van der Waals surface area contributed by atoms with E-state index in [1.807, 2.05) is 23.3 Å². The molecule has 0 bridgehead atoms. The maximum atomic E-state index is 12.3. The lowest BCUT2D eigenvalue weighted by atomic mass is 9.76. The predicted molar refractivity (Wildman–Crippen MR) is 90.0 cm³/mol. The lowest BCUT2D eigenvalue weighted by Gasteiger charge is -2.38. The van der Waals surface area contributed by atoms with Crippen LogP contribution in [0.25, 0.3) is 0 Å². The standard InChI is InChI=1S/C18H27N3O3/c22-16-11-14(12-16)17(13-15-5-1-2-7-19-15)20-18(23)6-9-21-8-3-4-10-24-21/h1-2,5,7,14,16-17,22H,3-4,6,8-13H2,(H,20,23). The summed E-state index contributed by atoms with van der Waals surface area (Å²) in [6.45, 7) is 2.29. The highest BCUT2D eigenvalue weighted by Crippen LogP contribution is 2.31. The molecule has 1 atom stereocenters. The van der Waals surface area contributed by atoms with Crippen molar-refractivity contribution in [3.63, 3.8) is 0 Å². The first-order chi connectivity index (χ1) is 11.7. The number of aliphatic hydroxyl groups is 1. The highest BCUT2D eigenvalue weighted by molar-refractivity contribution is 5.76. The third kappa shape index (κ3) is 5.00. The molecule has 3 rings (SSSR count). The lowest BCUT2D eigenvalue weighted by molar-refractivity contribution is -0.181. The molecule has 2 fully saturated rings. The Morgan fingerprint density at radius 2 is 2.29 bits per heavy atom. The van der Waals surface area contributed by atoms with E-state index in [-0.39, 0.29) is 18.1 Å². The van der Waals surface area contributed by atoms with E-state index < -0.39 is 0 Å². The minimum Gasteiger partial charge on any atom is -0.393 e. The zero-order valence-corrected chi connectivity index (χ0v) is 14.1. The Balaban J connectivity index is 1.49. The smallest absolute Gasteiger partial charge is 0.221 e. The van der Waals surface area contributed by atoms with Crippen LogP contribution in [0.15, 0.2) is 24.4 Å². The molecule has 2 heterocycles. The number of nitrogens with zero attached hydrogens (tertiary/aromatic N) is 2. The SMILES string of the molecule is O=C(CCN1CCCCO1)NC(Cc1ccccn1)C1CC(O)C1. The summed E-state index contributed by atoms with van der Waals surface area (Å²) in [6, 6.07) is 5.88. The molecular formula is C18H27N3O3. The Morgan fingerprint density at radius 3 is 2.96 bits per heavy atom. The van der Waals surface area contributed by atoms with Crippen molar-refractivity contribution in [2.75, 3.05) is 19.7 Å². The van der Waals surface area contributed by atoms with Crippen LogP contribution in [0.2, 0.25) is 0 Å². The summed E-state index contributed by atoms with van der Waals surface area (Å²) < 4.78 is 0. The first kappa shape index (κ1) is 17.3. The van der Waals surface area contributed by atoms with E-state index in [9.17, 15) is 9.90 Å². The van der Waals surface area contributed by atoms with Gasteiger partial charge in [-0.1, -0.05) is 6.07 Å². The van der Waals surface area contributed by atoms with Gasteiger partial charge in [-0.25, -0.2) is 0 Å². The van der Waals surface area contributed by atoms with Crippen LogP contribution in [0.1, 0.15) is 37.8 Å². The largest absolute Gasteiger partial charge is 0.393 e. The van der Waals surface area contributed by atoms with Gasteiger partial charge in [0.25, 0.3) is 0 Å². The number of hydrogen-bond donors (Lipinski definition) is 2. The molecule has 1 amide bonds.